The molecule has 0 aliphatic carbocycles. The molecule has 0 fully saturated rings. The molecule has 0 unspecified atom stereocenters. The first-order valence-corrected chi connectivity index (χ1v) is 6.20. The number of nitro benzene ring substituents is 1. The molecule has 0 saturated heterocycles. The Morgan fingerprint density at radius 1 is 1.15 bits per heavy atom. The average molecular weight is 289 g/mol. The molecule has 110 valence electrons. The summed E-state index contributed by atoms with van der Waals surface area (Å²) in [5.74, 6) is 0. The number of benzene rings is 1. The Morgan fingerprint density at radius 2 is 1.65 bits per heavy atom. The number of alkyl halides is 3. The number of nitrogens with zero attached hydrogens (tertiary/aromatic N) is 2. The summed E-state index contributed by atoms with van der Waals surface area (Å²) in [5.41, 5.74) is -0.365. The van der Waals surface area contributed by atoms with Crippen LogP contribution in [-0.4, -0.2) is 34.5 Å². The molecule has 1 rings (SSSR count). The van der Waals surface area contributed by atoms with E-state index in [0.29, 0.717) is 5.56 Å². The maximum absolute atomic E-state index is 13.1. The van der Waals surface area contributed by atoms with Crippen LogP contribution in [0.2, 0.25) is 0 Å². The van der Waals surface area contributed by atoms with Gasteiger partial charge in [-0.25, -0.2) is 4.58 Å². The number of non-ortho nitro benzene ring substituents is 1. The highest BCUT2D eigenvalue weighted by molar-refractivity contribution is 5.87. The van der Waals surface area contributed by atoms with Gasteiger partial charge in [-0.2, -0.15) is 13.2 Å². The minimum Gasteiger partial charge on any atom is -0.258 e. The lowest BCUT2D eigenvalue weighted by atomic mass is 10.1. The molecule has 0 N–H and O–H groups in total. The smallest absolute Gasteiger partial charge is 0.258 e. The molecular weight excluding hydrogens is 273 g/mol. The molecule has 0 bridgehead atoms. The van der Waals surface area contributed by atoms with E-state index < -0.39 is 16.8 Å². The van der Waals surface area contributed by atoms with E-state index in [4.69, 9.17) is 0 Å². The van der Waals surface area contributed by atoms with Crippen molar-refractivity contribution in [3.63, 3.8) is 0 Å². The summed E-state index contributed by atoms with van der Waals surface area (Å²) in [4.78, 5) is 9.93. The first-order valence-electron chi connectivity index (χ1n) is 6.20. The molecule has 1 aromatic rings. The van der Waals surface area contributed by atoms with Crippen molar-refractivity contribution in [3.05, 3.63) is 39.9 Å². The Hall–Kier alpha value is -1.92. The summed E-state index contributed by atoms with van der Waals surface area (Å²) in [6.45, 7) is 3.84. The third-order valence-electron chi connectivity index (χ3n) is 2.99. The van der Waals surface area contributed by atoms with Crippen LogP contribution < -0.4 is 0 Å². The zero-order valence-corrected chi connectivity index (χ0v) is 11.3. The Bertz CT molecular complexity index is 501. The summed E-state index contributed by atoms with van der Waals surface area (Å²) >= 11 is 0. The molecule has 0 atom stereocenters. The highest BCUT2D eigenvalue weighted by atomic mass is 19.4. The van der Waals surface area contributed by atoms with Crippen LogP contribution in [0.5, 0.6) is 0 Å². The Morgan fingerprint density at radius 3 is 2.00 bits per heavy atom. The summed E-state index contributed by atoms with van der Waals surface area (Å²) in [6, 6.07) is 5.14. The fourth-order valence-electron chi connectivity index (χ4n) is 1.93. The van der Waals surface area contributed by atoms with E-state index in [0.717, 1.165) is 0 Å². The number of rotatable bonds is 5. The summed E-state index contributed by atoms with van der Waals surface area (Å²) in [5, 5.41) is 10.5. The van der Waals surface area contributed by atoms with Crippen LogP contribution in [0.15, 0.2) is 24.3 Å². The summed E-state index contributed by atoms with van der Waals surface area (Å²) < 4.78 is 40.4. The van der Waals surface area contributed by atoms with Crippen LogP contribution in [0, 0.1) is 10.1 Å². The first-order chi connectivity index (χ1) is 9.29. The number of hydrogen-bond acceptors (Lipinski definition) is 2. The molecule has 0 aliphatic rings. The molecule has 0 aromatic heterocycles. The fraction of sp³-hybridized carbons (Fsp3) is 0.462. The second kappa shape index (κ2) is 6.49. The topological polar surface area (TPSA) is 46.1 Å². The zero-order chi connectivity index (χ0) is 15.3. The quantitative estimate of drug-likeness (QED) is 0.362. The maximum atomic E-state index is 13.1. The molecule has 0 saturated carbocycles. The second-order valence-electron chi connectivity index (χ2n) is 4.22. The van der Waals surface area contributed by atoms with Crippen molar-refractivity contribution in [2.24, 2.45) is 0 Å². The van der Waals surface area contributed by atoms with Gasteiger partial charge < -0.3 is 0 Å². The van der Waals surface area contributed by atoms with Gasteiger partial charge >= 0.3 is 6.18 Å². The zero-order valence-electron chi connectivity index (χ0n) is 11.3. The van der Waals surface area contributed by atoms with Crippen molar-refractivity contribution in [1.82, 2.24) is 0 Å². The Labute approximate surface area is 114 Å². The molecule has 4 nitrogen and oxygen atoms in total. The van der Waals surface area contributed by atoms with Crippen molar-refractivity contribution in [2.45, 2.75) is 26.4 Å². The summed E-state index contributed by atoms with van der Waals surface area (Å²) in [6.07, 6.45) is -4.70. The Kier molecular flexibility index (Phi) is 5.24. The van der Waals surface area contributed by atoms with Crippen LogP contribution in [-0.2, 0) is 6.42 Å². The van der Waals surface area contributed by atoms with Gasteiger partial charge in [0.2, 0.25) is 0 Å². The van der Waals surface area contributed by atoms with Gasteiger partial charge in [0.25, 0.3) is 11.4 Å². The third-order valence-corrected chi connectivity index (χ3v) is 2.99. The monoisotopic (exact) mass is 289 g/mol. The van der Waals surface area contributed by atoms with E-state index in [9.17, 15) is 23.3 Å². The first kappa shape index (κ1) is 16.1. The van der Waals surface area contributed by atoms with E-state index in [1.807, 2.05) is 0 Å². The van der Waals surface area contributed by atoms with Crippen LogP contribution in [0.4, 0.5) is 18.9 Å². The maximum Gasteiger partial charge on any atom is 0.472 e. The fourth-order valence-corrected chi connectivity index (χ4v) is 1.93. The molecule has 0 aliphatic heterocycles. The van der Waals surface area contributed by atoms with Gasteiger partial charge in [0.15, 0.2) is 0 Å². The van der Waals surface area contributed by atoms with Gasteiger partial charge in [0.05, 0.1) is 11.3 Å². The number of halogens is 3. The molecule has 0 amide bonds. The van der Waals surface area contributed by atoms with E-state index in [2.05, 4.69) is 0 Å². The lowest BCUT2D eigenvalue weighted by Crippen LogP contribution is -2.35. The predicted octanol–water partition coefficient (Wildman–Crippen LogP) is 3.19. The lowest BCUT2D eigenvalue weighted by Gasteiger charge is -2.11. The largest absolute Gasteiger partial charge is 0.472 e. The van der Waals surface area contributed by atoms with Crippen molar-refractivity contribution in [1.29, 1.82) is 0 Å². The van der Waals surface area contributed by atoms with Crippen molar-refractivity contribution < 1.29 is 22.7 Å². The van der Waals surface area contributed by atoms with Gasteiger partial charge in [-0.1, -0.05) is 12.1 Å². The van der Waals surface area contributed by atoms with Crippen molar-refractivity contribution >= 4 is 11.4 Å². The van der Waals surface area contributed by atoms with Crippen LogP contribution in [0.1, 0.15) is 19.4 Å². The molecule has 0 radical (unpaired) electrons. The van der Waals surface area contributed by atoms with Gasteiger partial charge in [0, 0.05) is 12.1 Å². The predicted molar refractivity (Wildman–Crippen MR) is 69.2 cm³/mol. The van der Waals surface area contributed by atoms with Crippen LogP contribution in [0.25, 0.3) is 0 Å². The average Bonchev–Trinajstić information content (AvgIpc) is 2.38. The van der Waals surface area contributed by atoms with E-state index >= 15 is 0 Å². The Balaban J connectivity index is 3.08. The lowest BCUT2D eigenvalue weighted by molar-refractivity contribution is -0.528. The molecule has 0 heterocycles. The van der Waals surface area contributed by atoms with E-state index in [-0.39, 0.29) is 25.2 Å². The van der Waals surface area contributed by atoms with Crippen molar-refractivity contribution in [2.75, 3.05) is 13.1 Å². The van der Waals surface area contributed by atoms with E-state index in [1.165, 1.54) is 28.8 Å². The molecule has 0 spiro atoms. The number of nitro groups is 1. The van der Waals surface area contributed by atoms with Gasteiger partial charge in [0.1, 0.15) is 13.1 Å². The van der Waals surface area contributed by atoms with Gasteiger partial charge in [-0.3, -0.25) is 10.1 Å². The van der Waals surface area contributed by atoms with Gasteiger partial charge in [-0.15, -0.1) is 0 Å². The minimum atomic E-state index is -4.41. The highest BCUT2D eigenvalue weighted by Crippen LogP contribution is 2.21. The number of hydrogen-bond donors (Lipinski definition) is 0. The SMILES string of the molecule is CC[N+](CC)=C(Cc1ccc([N+](=O)[O-])cc1)C(F)(F)F. The highest BCUT2D eigenvalue weighted by Gasteiger charge is 2.42. The van der Waals surface area contributed by atoms with E-state index in [1.54, 1.807) is 13.8 Å². The normalized spacial score (nSPS) is 11.2. The standard InChI is InChI=1S/C13H16F3N2O2/c1-3-17(4-2)12(13(14,15)16)9-10-5-7-11(8-6-10)18(19)20/h5-8H,3-4,9H2,1-2H3/q+1. The van der Waals surface area contributed by atoms with Crippen molar-refractivity contribution in [3.8, 4) is 0 Å². The van der Waals surface area contributed by atoms with Crippen LogP contribution >= 0.6 is 0 Å². The molecule has 20 heavy (non-hydrogen) atoms. The molecule has 1 aromatic carbocycles. The third kappa shape index (κ3) is 4.04. The minimum absolute atomic E-state index is 0.134. The second-order valence-corrected chi connectivity index (χ2v) is 4.22. The van der Waals surface area contributed by atoms with Gasteiger partial charge in [-0.05, 0) is 19.4 Å². The molecule has 7 heteroatoms. The summed E-state index contributed by atoms with van der Waals surface area (Å²) in [7, 11) is 0. The molecular formula is C13H16F3N2O2+. The van der Waals surface area contributed by atoms with Crippen LogP contribution in [0.3, 0.4) is 0 Å².